The number of rotatable bonds is 4. The molecule has 1 aromatic rings. The van der Waals surface area contributed by atoms with E-state index in [4.69, 9.17) is 10.7 Å². The second-order valence-electron chi connectivity index (χ2n) is 3.52. The van der Waals surface area contributed by atoms with E-state index in [1.165, 1.54) is 5.06 Å². The van der Waals surface area contributed by atoms with Crippen molar-refractivity contribution in [2.45, 2.75) is 12.8 Å². The molecular weight excluding hydrogens is 208 g/mol. The zero-order valence-corrected chi connectivity index (χ0v) is 8.89. The van der Waals surface area contributed by atoms with E-state index in [0.29, 0.717) is 26.1 Å². The third kappa shape index (κ3) is 2.21. The molecular formula is C11H14N2O3. The minimum atomic E-state index is -0.0129. The van der Waals surface area contributed by atoms with Crippen molar-refractivity contribution < 1.29 is 14.5 Å². The van der Waals surface area contributed by atoms with Crippen LogP contribution in [0, 0.1) is 0 Å². The molecule has 0 unspecified atom stereocenters. The van der Waals surface area contributed by atoms with Gasteiger partial charge in [-0.25, -0.2) is 5.90 Å². The number of nitrogens with zero attached hydrogens (tertiary/aromatic N) is 1. The molecule has 5 heteroatoms. The van der Waals surface area contributed by atoms with Crippen LogP contribution in [0.15, 0.2) is 24.3 Å². The summed E-state index contributed by atoms with van der Waals surface area (Å²) < 4.78 is 0. The summed E-state index contributed by atoms with van der Waals surface area (Å²) in [5, 5.41) is 1.35. The molecule has 0 saturated carbocycles. The van der Waals surface area contributed by atoms with Gasteiger partial charge in [-0.2, -0.15) is 5.06 Å². The number of amides is 1. The summed E-state index contributed by atoms with van der Waals surface area (Å²) in [7, 11) is 0. The third-order valence-electron chi connectivity index (χ3n) is 2.46. The highest BCUT2D eigenvalue weighted by Gasteiger charge is 2.24. The molecule has 0 bridgehead atoms. The minimum Gasteiger partial charge on any atom is -0.304 e. The molecule has 0 aromatic heterocycles. The number of para-hydroxylation sites is 1. The summed E-state index contributed by atoms with van der Waals surface area (Å²) in [5.41, 5.74) is 1.77. The number of anilines is 1. The minimum absolute atomic E-state index is 0.0129. The lowest BCUT2D eigenvalue weighted by Crippen LogP contribution is -2.23. The molecule has 86 valence electrons. The first-order chi connectivity index (χ1) is 7.83. The van der Waals surface area contributed by atoms with Gasteiger partial charge in [0.15, 0.2) is 0 Å². The highest BCUT2D eigenvalue weighted by atomic mass is 16.7. The Hall–Kier alpha value is -1.43. The van der Waals surface area contributed by atoms with Crippen LogP contribution in [-0.4, -0.2) is 19.1 Å². The Labute approximate surface area is 93.6 Å². The largest absolute Gasteiger partial charge is 0.304 e. The second-order valence-corrected chi connectivity index (χ2v) is 3.52. The van der Waals surface area contributed by atoms with Crippen molar-refractivity contribution in [2.24, 2.45) is 5.90 Å². The summed E-state index contributed by atoms with van der Waals surface area (Å²) in [6.07, 6.45) is 1.08. The van der Waals surface area contributed by atoms with Crippen molar-refractivity contribution in [3.63, 3.8) is 0 Å². The number of hydrogen-bond acceptors (Lipinski definition) is 4. The average Bonchev–Trinajstić information content (AvgIpc) is 2.73. The predicted molar refractivity (Wildman–Crippen MR) is 58.3 cm³/mol. The van der Waals surface area contributed by atoms with E-state index in [9.17, 15) is 4.79 Å². The molecule has 1 aromatic carbocycles. The Morgan fingerprint density at radius 1 is 1.44 bits per heavy atom. The van der Waals surface area contributed by atoms with Crippen LogP contribution in [-0.2, 0) is 20.9 Å². The number of benzene rings is 1. The van der Waals surface area contributed by atoms with Crippen LogP contribution in [0.25, 0.3) is 0 Å². The highest BCUT2D eigenvalue weighted by molar-refractivity contribution is 5.93. The molecule has 5 nitrogen and oxygen atoms in total. The van der Waals surface area contributed by atoms with E-state index in [1.807, 2.05) is 24.3 Å². The lowest BCUT2D eigenvalue weighted by Gasteiger charge is -2.17. The van der Waals surface area contributed by atoms with E-state index in [-0.39, 0.29) is 5.91 Å². The van der Waals surface area contributed by atoms with Gasteiger partial charge < -0.3 is 4.84 Å². The first-order valence-corrected chi connectivity index (χ1v) is 5.18. The third-order valence-corrected chi connectivity index (χ3v) is 2.46. The molecule has 1 aliphatic rings. The molecule has 2 N–H and O–H groups in total. The lowest BCUT2D eigenvalue weighted by molar-refractivity contribution is -0.119. The molecule has 1 saturated heterocycles. The van der Waals surface area contributed by atoms with Gasteiger partial charge in [0.2, 0.25) is 0 Å². The van der Waals surface area contributed by atoms with E-state index < -0.39 is 0 Å². The highest BCUT2D eigenvalue weighted by Crippen LogP contribution is 2.24. The van der Waals surface area contributed by atoms with Gasteiger partial charge in [0.25, 0.3) is 5.91 Å². The van der Waals surface area contributed by atoms with E-state index in [1.54, 1.807) is 0 Å². The molecule has 0 spiro atoms. The fraction of sp³-hybridized carbons (Fsp3) is 0.364. The van der Waals surface area contributed by atoms with Crippen LogP contribution in [0.2, 0.25) is 0 Å². The molecule has 1 aliphatic heterocycles. The van der Waals surface area contributed by atoms with Crippen LogP contribution in [0.3, 0.4) is 0 Å². The Kier molecular flexibility index (Phi) is 3.51. The standard InChI is InChI=1S/C11H14N2O3/c12-15-7-5-9-3-1-2-4-10(9)13-11(14)6-8-16-13/h1-4H,5-8,12H2. The van der Waals surface area contributed by atoms with Crippen LogP contribution in [0.1, 0.15) is 12.0 Å². The number of hydroxylamine groups is 1. The zero-order chi connectivity index (χ0) is 11.4. The maximum absolute atomic E-state index is 11.5. The summed E-state index contributed by atoms with van der Waals surface area (Å²) >= 11 is 0. The number of nitrogens with two attached hydrogens (primary N) is 1. The van der Waals surface area contributed by atoms with Crippen molar-refractivity contribution in [1.82, 2.24) is 0 Å². The quantitative estimate of drug-likeness (QED) is 0.765. The van der Waals surface area contributed by atoms with Crippen molar-refractivity contribution in [3.8, 4) is 0 Å². The van der Waals surface area contributed by atoms with Gasteiger partial charge in [0.05, 0.1) is 25.3 Å². The topological polar surface area (TPSA) is 64.8 Å². The SMILES string of the molecule is NOCCc1ccccc1N1OCCC1=O. The number of hydrogen-bond donors (Lipinski definition) is 1. The monoisotopic (exact) mass is 222 g/mol. The Morgan fingerprint density at radius 3 is 2.94 bits per heavy atom. The Morgan fingerprint density at radius 2 is 2.25 bits per heavy atom. The fourth-order valence-corrected chi connectivity index (χ4v) is 1.69. The molecule has 16 heavy (non-hydrogen) atoms. The van der Waals surface area contributed by atoms with E-state index in [2.05, 4.69) is 4.84 Å². The number of carbonyl (C=O) groups is 1. The number of carbonyl (C=O) groups excluding carboxylic acids is 1. The smallest absolute Gasteiger partial charge is 0.253 e. The molecule has 0 atom stereocenters. The van der Waals surface area contributed by atoms with Crippen molar-refractivity contribution in [1.29, 1.82) is 0 Å². The molecule has 0 aliphatic carbocycles. The second kappa shape index (κ2) is 5.07. The van der Waals surface area contributed by atoms with Crippen LogP contribution >= 0.6 is 0 Å². The van der Waals surface area contributed by atoms with Gasteiger partial charge in [-0.15, -0.1) is 0 Å². The zero-order valence-electron chi connectivity index (χ0n) is 8.89. The van der Waals surface area contributed by atoms with E-state index in [0.717, 1.165) is 11.3 Å². The Balaban J connectivity index is 2.21. The van der Waals surface area contributed by atoms with Crippen molar-refractivity contribution >= 4 is 11.6 Å². The molecule has 1 heterocycles. The van der Waals surface area contributed by atoms with Gasteiger partial charge in [0, 0.05) is 0 Å². The summed E-state index contributed by atoms with van der Waals surface area (Å²) in [4.78, 5) is 21.4. The first-order valence-electron chi connectivity index (χ1n) is 5.18. The molecule has 2 rings (SSSR count). The lowest BCUT2D eigenvalue weighted by atomic mass is 10.1. The summed E-state index contributed by atoms with van der Waals surface area (Å²) in [5.74, 6) is 4.98. The van der Waals surface area contributed by atoms with Gasteiger partial charge >= 0.3 is 0 Å². The van der Waals surface area contributed by atoms with E-state index >= 15 is 0 Å². The predicted octanol–water partition coefficient (Wildman–Crippen LogP) is 0.788. The van der Waals surface area contributed by atoms with Gasteiger partial charge in [-0.1, -0.05) is 18.2 Å². The molecule has 1 fully saturated rings. The summed E-state index contributed by atoms with van der Waals surface area (Å²) in [6.45, 7) is 0.861. The normalized spacial score (nSPS) is 15.8. The van der Waals surface area contributed by atoms with Crippen LogP contribution in [0.5, 0.6) is 0 Å². The first kappa shape index (κ1) is 11.1. The summed E-state index contributed by atoms with van der Waals surface area (Å²) in [6, 6.07) is 7.57. The maximum atomic E-state index is 11.5. The van der Waals surface area contributed by atoms with Crippen LogP contribution in [0.4, 0.5) is 5.69 Å². The fourth-order valence-electron chi connectivity index (χ4n) is 1.69. The van der Waals surface area contributed by atoms with Crippen LogP contribution < -0.4 is 11.0 Å². The van der Waals surface area contributed by atoms with Crippen molar-refractivity contribution in [3.05, 3.63) is 29.8 Å². The molecule has 0 radical (unpaired) electrons. The van der Waals surface area contributed by atoms with Crippen molar-refractivity contribution in [2.75, 3.05) is 18.3 Å². The average molecular weight is 222 g/mol. The Bertz CT molecular complexity index is 381. The van der Waals surface area contributed by atoms with Gasteiger partial charge in [-0.05, 0) is 18.1 Å². The molecule has 1 amide bonds. The maximum Gasteiger partial charge on any atom is 0.253 e. The van der Waals surface area contributed by atoms with Gasteiger partial charge in [-0.3, -0.25) is 9.63 Å². The van der Waals surface area contributed by atoms with Gasteiger partial charge in [0.1, 0.15) is 0 Å².